The van der Waals surface area contributed by atoms with Gasteiger partial charge >= 0.3 is 0 Å². The topological polar surface area (TPSA) is 31.2 Å². The van der Waals surface area contributed by atoms with E-state index in [1.807, 2.05) is 12.3 Å². The zero-order valence-corrected chi connectivity index (χ0v) is 12.0. The van der Waals surface area contributed by atoms with Gasteiger partial charge in [0, 0.05) is 6.20 Å². The summed E-state index contributed by atoms with van der Waals surface area (Å²) in [6.07, 6.45) is 9.30. The van der Waals surface area contributed by atoms with Gasteiger partial charge in [-0.2, -0.15) is 0 Å². The van der Waals surface area contributed by atoms with Crippen LogP contribution in [0.15, 0.2) is 27.6 Å². The summed E-state index contributed by atoms with van der Waals surface area (Å²) in [5.74, 6) is 0. The second-order valence-electron chi connectivity index (χ2n) is 5.48. The molecule has 3 nitrogen and oxygen atoms in total. The zero-order valence-electron chi connectivity index (χ0n) is 10.4. The maximum atomic E-state index is 11.9. The van der Waals surface area contributed by atoms with Crippen molar-refractivity contribution in [2.75, 3.05) is 0 Å². The van der Waals surface area contributed by atoms with Gasteiger partial charge in [0.2, 0.25) is 0 Å². The fourth-order valence-electron chi connectivity index (χ4n) is 3.28. The predicted molar refractivity (Wildman–Crippen MR) is 73.7 cm³/mol. The van der Waals surface area contributed by atoms with Gasteiger partial charge < -0.3 is 9.30 Å². The summed E-state index contributed by atoms with van der Waals surface area (Å²) in [6, 6.07) is 3.68. The number of nitrogens with zero attached hydrogens (tertiary/aromatic N) is 1. The molecule has 0 aromatic carbocycles. The van der Waals surface area contributed by atoms with E-state index in [-0.39, 0.29) is 17.3 Å². The Labute approximate surface area is 115 Å². The van der Waals surface area contributed by atoms with Crippen LogP contribution < -0.4 is 5.56 Å². The van der Waals surface area contributed by atoms with E-state index in [1.165, 1.54) is 32.1 Å². The van der Waals surface area contributed by atoms with E-state index in [0.29, 0.717) is 11.0 Å². The van der Waals surface area contributed by atoms with Crippen LogP contribution in [0.1, 0.15) is 38.5 Å². The second kappa shape index (κ2) is 4.82. The molecule has 0 N–H and O–H groups in total. The zero-order chi connectivity index (χ0) is 12.6. The molecule has 98 valence electrons. The highest BCUT2D eigenvalue weighted by atomic mass is 79.9. The summed E-state index contributed by atoms with van der Waals surface area (Å²) in [7, 11) is 0. The summed E-state index contributed by atoms with van der Waals surface area (Å²) in [4.78, 5) is 11.9. The maximum Gasteiger partial charge on any atom is 0.264 e. The molecule has 1 aromatic heterocycles. The largest absolute Gasteiger partial charge is 0.370 e. The predicted octanol–water partition coefficient (Wildman–Crippen LogP) is 3.10. The van der Waals surface area contributed by atoms with Gasteiger partial charge in [-0.3, -0.25) is 4.79 Å². The fourth-order valence-corrected chi connectivity index (χ4v) is 3.66. The minimum atomic E-state index is 0.0356. The number of pyridine rings is 1. The first-order valence-corrected chi connectivity index (χ1v) is 7.51. The number of ether oxygens (including phenoxy) is 1. The van der Waals surface area contributed by atoms with Gasteiger partial charge in [0.05, 0.1) is 22.7 Å². The fraction of sp³-hybridized carbons (Fsp3) is 0.643. The second-order valence-corrected chi connectivity index (χ2v) is 6.34. The van der Waals surface area contributed by atoms with Crippen LogP contribution in [0.4, 0.5) is 0 Å². The molecular weight excluding hydrogens is 294 g/mol. The summed E-state index contributed by atoms with van der Waals surface area (Å²) >= 11 is 3.28. The van der Waals surface area contributed by atoms with E-state index < -0.39 is 0 Å². The minimum absolute atomic E-state index is 0.0356. The molecule has 1 saturated heterocycles. The third-order valence-corrected chi connectivity index (χ3v) is 4.83. The molecule has 2 fully saturated rings. The molecule has 18 heavy (non-hydrogen) atoms. The number of rotatable bonds is 2. The smallest absolute Gasteiger partial charge is 0.264 e. The number of hydrogen-bond acceptors (Lipinski definition) is 2. The average Bonchev–Trinajstić information content (AvgIpc) is 2.97. The van der Waals surface area contributed by atoms with Gasteiger partial charge in [0.25, 0.3) is 5.56 Å². The Morgan fingerprint density at radius 2 is 2.17 bits per heavy atom. The van der Waals surface area contributed by atoms with Crippen molar-refractivity contribution in [2.24, 2.45) is 0 Å². The number of hydrogen-bond donors (Lipinski definition) is 0. The van der Waals surface area contributed by atoms with Crippen LogP contribution in [0.5, 0.6) is 0 Å². The lowest BCUT2D eigenvalue weighted by atomic mass is 9.98. The van der Waals surface area contributed by atoms with Crippen LogP contribution in [-0.4, -0.2) is 16.3 Å². The lowest BCUT2D eigenvalue weighted by Crippen LogP contribution is -2.30. The van der Waals surface area contributed by atoms with E-state index in [9.17, 15) is 4.79 Å². The third kappa shape index (κ3) is 2.28. The molecule has 1 unspecified atom stereocenters. The van der Waals surface area contributed by atoms with E-state index in [2.05, 4.69) is 15.9 Å². The van der Waals surface area contributed by atoms with Crippen LogP contribution in [0, 0.1) is 0 Å². The van der Waals surface area contributed by atoms with Gasteiger partial charge in [-0.05, 0) is 53.7 Å². The first kappa shape index (κ1) is 12.4. The Kier molecular flexibility index (Phi) is 3.32. The van der Waals surface area contributed by atoms with E-state index in [4.69, 9.17) is 4.74 Å². The Hall–Kier alpha value is -0.610. The molecule has 3 rings (SSSR count). The molecule has 1 aromatic rings. The van der Waals surface area contributed by atoms with Crippen molar-refractivity contribution < 1.29 is 4.74 Å². The normalized spacial score (nSPS) is 25.9. The molecule has 2 heterocycles. The van der Waals surface area contributed by atoms with Crippen molar-refractivity contribution in [3.05, 3.63) is 33.2 Å². The quantitative estimate of drug-likeness (QED) is 0.840. The molecule has 2 aliphatic rings. The Balaban J connectivity index is 1.71. The number of halogens is 1. The summed E-state index contributed by atoms with van der Waals surface area (Å²) < 4.78 is 8.61. The van der Waals surface area contributed by atoms with Crippen molar-refractivity contribution in [3.8, 4) is 0 Å². The SMILES string of the molecule is O=c1c(Br)cccn1CC1CCC2(CCCC2)O1. The van der Waals surface area contributed by atoms with Gasteiger partial charge in [-0.15, -0.1) is 0 Å². The van der Waals surface area contributed by atoms with Gasteiger partial charge in [0.1, 0.15) is 0 Å². The molecule has 0 amide bonds. The standard InChI is InChI=1S/C14H18BrNO2/c15-12-4-3-9-16(13(12)17)10-11-5-8-14(18-11)6-1-2-7-14/h3-4,9,11H,1-2,5-8,10H2. The Bertz CT molecular complexity index is 491. The molecule has 4 heteroatoms. The van der Waals surface area contributed by atoms with Crippen molar-refractivity contribution >= 4 is 15.9 Å². The van der Waals surface area contributed by atoms with Crippen LogP contribution in [0.2, 0.25) is 0 Å². The first-order chi connectivity index (χ1) is 8.69. The molecule has 1 atom stereocenters. The molecule has 1 saturated carbocycles. The van der Waals surface area contributed by atoms with E-state index in [1.54, 1.807) is 10.6 Å². The molecule has 1 aliphatic heterocycles. The maximum absolute atomic E-state index is 11.9. The van der Waals surface area contributed by atoms with Crippen molar-refractivity contribution in [1.29, 1.82) is 0 Å². The van der Waals surface area contributed by atoms with Crippen molar-refractivity contribution in [1.82, 2.24) is 4.57 Å². The highest BCUT2D eigenvalue weighted by Crippen LogP contribution is 2.43. The molecule has 0 radical (unpaired) electrons. The van der Waals surface area contributed by atoms with Crippen LogP contribution in [0.25, 0.3) is 0 Å². The minimum Gasteiger partial charge on any atom is -0.370 e. The Morgan fingerprint density at radius 1 is 1.39 bits per heavy atom. The lowest BCUT2D eigenvalue weighted by molar-refractivity contribution is -0.0421. The molecular formula is C14H18BrNO2. The Morgan fingerprint density at radius 3 is 2.94 bits per heavy atom. The van der Waals surface area contributed by atoms with Gasteiger partial charge in [-0.1, -0.05) is 12.8 Å². The average molecular weight is 312 g/mol. The van der Waals surface area contributed by atoms with Crippen molar-refractivity contribution in [3.63, 3.8) is 0 Å². The van der Waals surface area contributed by atoms with Gasteiger partial charge in [-0.25, -0.2) is 0 Å². The summed E-state index contributed by atoms with van der Waals surface area (Å²) in [5, 5.41) is 0. The summed E-state index contributed by atoms with van der Waals surface area (Å²) in [5.41, 5.74) is 0.189. The van der Waals surface area contributed by atoms with Crippen LogP contribution >= 0.6 is 15.9 Å². The number of aromatic nitrogens is 1. The monoisotopic (exact) mass is 311 g/mol. The summed E-state index contributed by atoms with van der Waals surface area (Å²) in [6.45, 7) is 0.681. The third-order valence-electron chi connectivity index (χ3n) is 4.23. The van der Waals surface area contributed by atoms with E-state index >= 15 is 0 Å². The van der Waals surface area contributed by atoms with E-state index in [0.717, 1.165) is 6.42 Å². The lowest BCUT2D eigenvalue weighted by Gasteiger charge is -2.24. The molecule has 1 aliphatic carbocycles. The van der Waals surface area contributed by atoms with Crippen molar-refractivity contribution in [2.45, 2.75) is 56.8 Å². The first-order valence-electron chi connectivity index (χ1n) is 6.71. The molecule has 0 bridgehead atoms. The highest BCUT2D eigenvalue weighted by Gasteiger charge is 2.42. The van der Waals surface area contributed by atoms with Gasteiger partial charge in [0.15, 0.2) is 0 Å². The highest BCUT2D eigenvalue weighted by molar-refractivity contribution is 9.10. The molecule has 1 spiro atoms. The van der Waals surface area contributed by atoms with Crippen LogP contribution in [0.3, 0.4) is 0 Å². The van der Waals surface area contributed by atoms with Crippen LogP contribution in [-0.2, 0) is 11.3 Å².